The summed E-state index contributed by atoms with van der Waals surface area (Å²) in [6, 6.07) is 6.89. The molecule has 1 aromatic carbocycles. The third-order valence-electron chi connectivity index (χ3n) is 4.80. The first kappa shape index (κ1) is 23.2. The van der Waals surface area contributed by atoms with Gasteiger partial charge in [-0.15, -0.1) is 0 Å². The van der Waals surface area contributed by atoms with Gasteiger partial charge in [-0.3, -0.25) is 0 Å². The number of aliphatic hydroxyl groups excluding tert-OH is 3. The van der Waals surface area contributed by atoms with Crippen LogP contribution in [0.2, 0.25) is 5.02 Å². The lowest BCUT2D eigenvalue weighted by Crippen LogP contribution is -2.21. The summed E-state index contributed by atoms with van der Waals surface area (Å²) in [5.74, 6) is -0.899. The number of hydrogen-bond donors (Lipinski definition) is 4. The molecule has 0 bridgehead atoms. The van der Waals surface area contributed by atoms with Gasteiger partial charge in [0.05, 0.1) is 12.2 Å². The smallest absolute Gasteiger partial charge is 0.327 e. The van der Waals surface area contributed by atoms with E-state index in [0.717, 1.165) is 6.08 Å². The molecular formula is C22H27ClO6. The number of aliphatic carboxylic acids is 1. The molecule has 5 atom stereocenters. The van der Waals surface area contributed by atoms with Crippen LogP contribution in [0.4, 0.5) is 0 Å². The lowest BCUT2D eigenvalue weighted by molar-refractivity contribution is -0.131. The van der Waals surface area contributed by atoms with Crippen molar-refractivity contribution in [3.63, 3.8) is 0 Å². The molecule has 0 saturated heterocycles. The lowest BCUT2D eigenvalue weighted by Gasteiger charge is -2.19. The minimum atomic E-state index is -0.990. The molecule has 1 aliphatic rings. The monoisotopic (exact) mass is 422 g/mol. The van der Waals surface area contributed by atoms with Gasteiger partial charge in [0.15, 0.2) is 0 Å². The fourth-order valence-electron chi connectivity index (χ4n) is 3.35. The number of carbonyl (C=O) groups is 1. The van der Waals surface area contributed by atoms with E-state index >= 15 is 0 Å². The quantitative estimate of drug-likeness (QED) is 0.341. The second-order valence-corrected chi connectivity index (χ2v) is 7.45. The van der Waals surface area contributed by atoms with E-state index in [1.165, 1.54) is 6.08 Å². The van der Waals surface area contributed by atoms with Gasteiger partial charge < -0.3 is 25.2 Å². The summed E-state index contributed by atoms with van der Waals surface area (Å²) in [6.07, 6.45) is 8.73. The number of aliphatic hydroxyl groups is 3. The van der Waals surface area contributed by atoms with Crippen molar-refractivity contribution < 1.29 is 30.0 Å². The first-order valence-corrected chi connectivity index (χ1v) is 9.90. The van der Waals surface area contributed by atoms with Gasteiger partial charge in [-0.2, -0.15) is 0 Å². The third-order valence-corrected chi connectivity index (χ3v) is 5.03. The molecule has 0 amide bonds. The number of benzene rings is 1. The maximum absolute atomic E-state index is 10.4. The van der Waals surface area contributed by atoms with Crippen LogP contribution in [0.25, 0.3) is 0 Å². The van der Waals surface area contributed by atoms with Crippen molar-refractivity contribution in [3.05, 3.63) is 65.7 Å². The summed E-state index contributed by atoms with van der Waals surface area (Å²) in [6.45, 7) is 0.0443. The van der Waals surface area contributed by atoms with Crippen LogP contribution >= 0.6 is 11.6 Å². The number of halogens is 1. The zero-order chi connectivity index (χ0) is 21.2. The Balaban J connectivity index is 1.86. The maximum Gasteiger partial charge on any atom is 0.327 e. The Kier molecular flexibility index (Phi) is 9.41. The Morgan fingerprint density at radius 2 is 2.03 bits per heavy atom. The van der Waals surface area contributed by atoms with E-state index in [-0.39, 0.29) is 24.9 Å². The summed E-state index contributed by atoms with van der Waals surface area (Å²) in [5.41, 5.74) is 0. The van der Waals surface area contributed by atoms with Crippen molar-refractivity contribution in [3.8, 4) is 5.75 Å². The third kappa shape index (κ3) is 8.03. The molecule has 29 heavy (non-hydrogen) atoms. The van der Waals surface area contributed by atoms with Gasteiger partial charge in [-0.1, -0.05) is 48.0 Å². The summed E-state index contributed by atoms with van der Waals surface area (Å²) in [4.78, 5) is 10.4. The molecule has 1 saturated carbocycles. The van der Waals surface area contributed by atoms with Crippen molar-refractivity contribution in [1.82, 2.24) is 0 Å². The molecule has 1 fully saturated rings. The maximum atomic E-state index is 10.4. The predicted molar refractivity (Wildman–Crippen MR) is 111 cm³/mol. The Morgan fingerprint density at radius 3 is 2.76 bits per heavy atom. The van der Waals surface area contributed by atoms with Crippen LogP contribution in [0, 0.1) is 11.8 Å². The van der Waals surface area contributed by atoms with Crippen molar-refractivity contribution in [2.45, 2.75) is 37.6 Å². The molecule has 0 radical (unpaired) electrons. The summed E-state index contributed by atoms with van der Waals surface area (Å²) in [5, 5.41) is 39.7. The van der Waals surface area contributed by atoms with E-state index < -0.39 is 24.3 Å². The first-order chi connectivity index (χ1) is 13.9. The molecule has 158 valence electrons. The van der Waals surface area contributed by atoms with E-state index in [0.29, 0.717) is 23.6 Å². The molecule has 0 aliphatic heterocycles. The van der Waals surface area contributed by atoms with Gasteiger partial charge in [0.2, 0.25) is 0 Å². The van der Waals surface area contributed by atoms with E-state index in [9.17, 15) is 20.1 Å². The molecule has 4 N–H and O–H groups in total. The number of carboxylic acid groups (broad SMARTS) is 1. The summed E-state index contributed by atoms with van der Waals surface area (Å²) < 4.78 is 5.50. The van der Waals surface area contributed by atoms with Crippen LogP contribution in [0.5, 0.6) is 5.75 Å². The molecule has 7 heteroatoms. The Bertz CT molecular complexity index is 745. The second-order valence-electron chi connectivity index (χ2n) is 7.02. The largest absolute Gasteiger partial charge is 0.491 e. The highest BCUT2D eigenvalue weighted by Gasteiger charge is 2.39. The lowest BCUT2D eigenvalue weighted by atomic mass is 9.89. The van der Waals surface area contributed by atoms with Crippen molar-refractivity contribution in [2.24, 2.45) is 11.8 Å². The Hall–Kier alpha value is -2.12. The zero-order valence-corrected chi connectivity index (χ0v) is 16.7. The van der Waals surface area contributed by atoms with Gasteiger partial charge in [0.25, 0.3) is 0 Å². The van der Waals surface area contributed by atoms with Crippen molar-refractivity contribution >= 4 is 17.6 Å². The van der Waals surface area contributed by atoms with Crippen LogP contribution in [0.1, 0.15) is 19.3 Å². The summed E-state index contributed by atoms with van der Waals surface area (Å²) in [7, 11) is 0. The number of allylic oxidation sites excluding steroid dienone is 3. The fraction of sp³-hybridized carbons (Fsp3) is 0.409. The van der Waals surface area contributed by atoms with Gasteiger partial charge >= 0.3 is 5.97 Å². The zero-order valence-electron chi connectivity index (χ0n) is 16.0. The normalized spacial score (nSPS) is 25.9. The highest BCUT2D eigenvalue weighted by molar-refractivity contribution is 6.30. The van der Waals surface area contributed by atoms with Crippen LogP contribution in [0.3, 0.4) is 0 Å². The van der Waals surface area contributed by atoms with Crippen molar-refractivity contribution in [2.75, 3.05) is 6.61 Å². The van der Waals surface area contributed by atoms with Crippen LogP contribution < -0.4 is 4.74 Å². The molecule has 0 unspecified atom stereocenters. The summed E-state index contributed by atoms with van der Waals surface area (Å²) >= 11 is 5.89. The minimum absolute atomic E-state index is 0.0443. The van der Waals surface area contributed by atoms with Crippen molar-refractivity contribution in [1.29, 1.82) is 0 Å². The van der Waals surface area contributed by atoms with Crippen LogP contribution in [-0.2, 0) is 4.79 Å². The second kappa shape index (κ2) is 11.8. The molecular weight excluding hydrogens is 396 g/mol. The average Bonchev–Trinajstić information content (AvgIpc) is 2.93. The molecule has 1 aromatic rings. The molecule has 2 rings (SSSR count). The number of ether oxygens (including phenoxy) is 1. The van der Waals surface area contributed by atoms with Crippen LogP contribution in [-0.4, -0.2) is 51.3 Å². The molecule has 0 heterocycles. The number of hydrogen-bond acceptors (Lipinski definition) is 5. The number of rotatable bonds is 10. The average molecular weight is 423 g/mol. The molecule has 0 aromatic heterocycles. The predicted octanol–water partition coefficient (Wildman–Crippen LogP) is 2.97. The Labute approximate surface area is 175 Å². The van der Waals surface area contributed by atoms with Gasteiger partial charge in [0, 0.05) is 23.4 Å². The first-order valence-electron chi connectivity index (χ1n) is 9.52. The van der Waals surface area contributed by atoms with Gasteiger partial charge in [0.1, 0.15) is 18.5 Å². The molecule has 0 spiro atoms. The van der Waals surface area contributed by atoms with E-state index in [4.69, 9.17) is 21.4 Å². The van der Waals surface area contributed by atoms with E-state index in [2.05, 4.69) is 0 Å². The SMILES string of the molecule is O=C(O)/C=C/C/C=C/C[C@@H]1[C@@H](/C=C/[C@@H](O)COc2cccc(Cl)c2)[C@H](O)C[C@@H]1O. The van der Waals surface area contributed by atoms with E-state index in [1.54, 1.807) is 36.4 Å². The van der Waals surface area contributed by atoms with Gasteiger partial charge in [-0.25, -0.2) is 4.79 Å². The minimum Gasteiger partial charge on any atom is -0.491 e. The standard InChI is InChI=1S/C22H27ClO6/c23-15-6-5-7-17(12-15)29-14-16(24)10-11-19-18(20(25)13-21(19)26)8-3-1-2-4-9-22(27)28/h1,3-7,9-12,16,18-21,24-26H,2,8,13-14H2,(H,27,28)/b3-1+,9-4+,11-10+/t16-,18-,19-,20+,21-/m1/s1. The van der Waals surface area contributed by atoms with Gasteiger partial charge in [-0.05, 0) is 37.0 Å². The van der Waals surface area contributed by atoms with E-state index in [1.807, 2.05) is 12.2 Å². The molecule has 1 aliphatic carbocycles. The van der Waals surface area contributed by atoms with Crippen LogP contribution in [0.15, 0.2) is 60.7 Å². The topological polar surface area (TPSA) is 107 Å². The highest BCUT2D eigenvalue weighted by Crippen LogP contribution is 2.36. The highest BCUT2D eigenvalue weighted by atomic mass is 35.5. The fourth-order valence-corrected chi connectivity index (χ4v) is 3.53. The number of carboxylic acids is 1. The Morgan fingerprint density at radius 1 is 1.24 bits per heavy atom. The molecule has 6 nitrogen and oxygen atoms in total.